The molecule has 0 saturated heterocycles. The van der Waals surface area contributed by atoms with E-state index in [1.165, 1.54) is 14.2 Å². The zero-order chi connectivity index (χ0) is 22.0. The van der Waals surface area contributed by atoms with Gasteiger partial charge in [0.1, 0.15) is 11.5 Å². The quantitative estimate of drug-likeness (QED) is 0.422. The number of methoxy groups -OCH3 is 2. The molecule has 2 aromatic carbocycles. The Bertz CT molecular complexity index is 1100. The monoisotopic (exact) mass is 448 g/mol. The minimum Gasteiger partial charge on any atom is -0.497 e. The Balaban J connectivity index is 2.59. The fourth-order valence-electron chi connectivity index (χ4n) is 2.15. The van der Waals surface area contributed by atoms with Crippen LogP contribution in [0.15, 0.2) is 46.2 Å². The van der Waals surface area contributed by atoms with Crippen LogP contribution in [0.2, 0.25) is 0 Å². The lowest BCUT2D eigenvalue weighted by Gasteiger charge is -2.09. The first-order valence-corrected chi connectivity index (χ1v) is 10.1. The Morgan fingerprint density at radius 3 is 1.34 bits per heavy atom. The molecule has 156 valence electrons. The molecule has 0 aliphatic rings. The van der Waals surface area contributed by atoms with Gasteiger partial charge in [0.05, 0.1) is 36.2 Å². The Kier molecular flexibility index (Phi) is 6.05. The largest absolute Gasteiger partial charge is 0.497 e. The fourth-order valence-corrected chi connectivity index (χ4v) is 4.93. The van der Waals surface area contributed by atoms with E-state index < -0.39 is 51.2 Å². The van der Waals surface area contributed by atoms with Crippen LogP contribution in [0.1, 0.15) is 0 Å². The van der Waals surface area contributed by atoms with Crippen molar-refractivity contribution < 1.29 is 39.8 Å². The topological polar surface area (TPSA) is 182 Å². The number of hydrogen-bond donors (Lipinski definition) is 0. The van der Waals surface area contributed by atoms with Gasteiger partial charge < -0.3 is 9.47 Å². The maximum absolute atomic E-state index is 12.4. The Morgan fingerprint density at radius 2 is 1.07 bits per heavy atom. The summed E-state index contributed by atoms with van der Waals surface area (Å²) in [5.74, 6) is -0.131. The van der Waals surface area contributed by atoms with Gasteiger partial charge in [-0.15, -0.1) is 3.63 Å². The smallest absolute Gasteiger partial charge is 0.318 e. The Morgan fingerprint density at radius 1 is 0.724 bits per heavy atom. The van der Waals surface area contributed by atoms with Gasteiger partial charge in [0.15, 0.2) is 9.79 Å². The summed E-state index contributed by atoms with van der Waals surface area (Å²) in [5.41, 5.74) is -2.02. The molecule has 0 aromatic heterocycles. The summed E-state index contributed by atoms with van der Waals surface area (Å²) in [4.78, 5) is 18.0. The van der Waals surface area contributed by atoms with E-state index in [1.807, 2.05) is 0 Å². The van der Waals surface area contributed by atoms with E-state index in [2.05, 4.69) is 3.63 Å². The zero-order valence-corrected chi connectivity index (χ0v) is 16.3. The lowest BCUT2D eigenvalue weighted by atomic mass is 10.3. The van der Waals surface area contributed by atoms with Gasteiger partial charge in [-0.05, 0) is 24.3 Å². The van der Waals surface area contributed by atoms with Crippen molar-refractivity contribution in [3.63, 3.8) is 0 Å². The normalized spacial score (nSPS) is 11.7. The molecule has 0 aliphatic carbocycles. The fraction of sp³-hybridized carbons (Fsp3) is 0.143. The molecule has 0 N–H and O–H groups in total. The minimum absolute atomic E-state index is 0.0655. The maximum atomic E-state index is 12.4. The number of rotatable bonds is 8. The summed E-state index contributed by atoms with van der Waals surface area (Å²) in [6.07, 6.45) is 0. The number of ether oxygens (including phenoxy) is 2. The van der Waals surface area contributed by atoms with E-state index in [-0.39, 0.29) is 11.5 Å². The van der Waals surface area contributed by atoms with E-state index in [0.717, 1.165) is 24.3 Å². The third kappa shape index (κ3) is 4.58. The molecule has 0 fully saturated rings. The SMILES string of the molecule is COc1ccc(S(=O)(=O)OS(=O)(=O)c2ccc(OC)cc2[N+](=O)[O-])c([N+](=O)[O-])c1. The van der Waals surface area contributed by atoms with E-state index in [0.29, 0.717) is 12.1 Å². The summed E-state index contributed by atoms with van der Waals surface area (Å²) < 4.78 is 63.3. The van der Waals surface area contributed by atoms with Gasteiger partial charge in [-0.2, -0.15) is 16.8 Å². The van der Waals surface area contributed by atoms with Gasteiger partial charge in [0.2, 0.25) is 0 Å². The van der Waals surface area contributed by atoms with Crippen LogP contribution in [-0.4, -0.2) is 40.9 Å². The van der Waals surface area contributed by atoms with E-state index in [1.54, 1.807) is 0 Å². The van der Waals surface area contributed by atoms with Crippen LogP contribution in [0, 0.1) is 20.2 Å². The van der Waals surface area contributed by atoms with E-state index in [9.17, 15) is 37.1 Å². The average molecular weight is 448 g/mol. The summed E-state index contributed by atoms with van der Waals surface area (Å²) in [6.45, 7) is 0. The molecule has 0 atom stereocenters. The Hall–Kier alpha value is -3.30. The van der Waals surface area contributed by atoms with Crippen molar-refractivity contribution in [2.45, 2.75) is 9.79 Å². The maximum Gasteiger partial charge on any atom is 0.318 e. The molecule has 15 heteroatoms. The van der Waals surface area contributed by atoms with Crippen molar-refractivity contribution in [2.24, 2.45) is 0 Å². The molecule has 13 nitrogen and oxygen atoms in total. The average Bonchev–Trinajstić information content (AvgIpc) is 2.65. The summed E-state index contributed by atoms with van der Waals surface area (Å²) >= 11 is 0. The van der Waals surface area contributed by atoms with Gasteiger partial charge >= 0.3 is 20.2 Å². The van der Waals surface area contributed by atoms with Gasteiger partial charge in [0.25, 0.3) is 11.4 Å². The molecule has 0 bridgehead atoms. The summed E-state index contributed by atoms with van der Waals surface area (Å²) in [7, 11) is -8.17. The molecule has 0 spiro atoms. The van der Waals surface area contributed by atoms with Crippen molar-refractivity contribution in [3.8, 4) is 11.5 Å². The number of benzene rings is 2. The summed E-state index contributed by atoms with van der Waals surface area (Å²) in [6, 6.07) is 4.99. The van der Waals surface area contributed by atoms with Gasteiger partial charge in [-0.1, -0.05) is 0 Å². The molecule has 2 aromatic rings. The molecular formula is C14H12N2O11S2. The first-order chi connectivity index (χ1) is 13.4. The molecule has 0 aliphatic heterocycles. The molecule has 0 radical (unpaired) electrons. The Labute approximate surface area is 164 Å². The molecule has 2 rings (SSSR count). The van der Waals surface area contributed by atoms with Crippen LogP contribution >= 0.6 is 0 Å². The van der Waals surface area contributed by atoms with Crippen molar-refractivity contribution in [1.29, 1.82) is 0 Å². The minimum atomic E-state index is -5.26. The second-order valence-electron chi connectivity index (χ2n) is 5.16. The van der Waals surface area contributed by atoms with Crippen LogP contribution < -0.4 is 9.47 Å². The van der Waals surface area contributed by atoms with Gasteiger partial charge in [-0.3, -0.25) is 20.2 Å². The van der Waals surface area contributed by atoms with Crippen molar-refractivity contribution in [3.05, 3.63) is 56.6 Å². The van der Waals surface area contributed by atoms with Crippen molar-refractivity contribution >= 4 is 31.6 Å². The van der Waals surface area contributed by atoms with Crippen LogP contribution in [0.5, 0.6) is 11.5 Å². The molecular weight excluding hydrogens is 436 g/mol. The van der Waals surface area contributed by atoms with Crippen molar-refractivity contribution in [2.75, 3.05) is 14.2 Å². The molecule has 29 heavy (non-hydrogen) atoms. The summed E-state index contributed by atoms with van der Waals surface area (Å²) in [5, 5.41) is 22.3. The van der Waals surface area contributed by atoms with Gasteiger partial charge in [-0.25, -0.2) is 0 Å². The lowest BCUT2D eigenvalue weighted by molar-refractivity contribution is -0.388. The highest BCUT2D eigenvalue weighted by Gasteiger charge is 2.36. The van der Waals surface area contributed by atoms with Crippen molar-refractivity contribution in [1.82, 2.24) is 0 Å². The van der Waals surface area contributed by atoms with Crippen LogP contribution in [0.4, 0.5) is 11.4 Å². The lowest BCUT2D eigenvalue weighted by Crippen LogP contribution is -2.16. The standard InChI is InChI=1S/C14H12N2O11S2/c1-25-9-3-5-13(11(7-9)15(17)18)28(21,22)27-29(23,24)14-6-4-10(26-2)8-12(14)16(19)20/h3-8H,1-2H3. The molecule has 0 unspecified atom stereocenters. The van der Waals surface area contributed by atoms with Crippen LogP contribution in [0.3, 0.4) is 0 Å². The number of nitro benzene ring substituents is 2. The first-order valence-electron chi connectivity index (χ1n) is 7.29. The molecule has 0 saturated carbocycles. The third-order valence-corrected chi connectivity index (χ3v) is 6.64. The zero-order valence-electron chi connectivity index (χ0n) is 14.7. The predicted octanol–water partition coefficient (Wildman–Crippen LogP) is 1.61. The van der Waals surface area contributed by atoms with E-state index >= 15 is 0 Å². The number of hydrogen-bond acceptors (Lipinski definition) is 11. The predicted molar refractivity (Wildman–Crippen MR) is 94.8 cm³/mol. The molecule has 0 heterocycles. The second kappa shape index (κ2) is 7.98. The highest BCUT2D eigenvalue weighted by Crippen LogP contribution is 2.34. The highest BCUT2D eigenvalue weighted by atomic mass is 32.3. The first kappa shape index (κ1) is 22.0. The van der Waals surface area contributed by atoms with Crippen LogP contribution in [0.25, 0.3) is 0 Å². The van der Waals surface area contributed by atoms with Crippen LogP contribution in [-0.2, 0) is 23.9 Å². The molecule has 0 amide bonds. The van der Waals surface area contributed by atoms with Gasteiger partial charge in [0, 0.05) is 0 Å². The number of nitrogens with zero attached hydrogens (tertiary/aromatic N) is 2. The highest BCUT2D eigenvalue weighted by molar-refractivity contribution is 8.00. The van der Waals surface area contributed by atoms with E-state index in [4.69, 9.17) is 9.47 Å². The third-order valence-electron chi connectivity index (χ3n) is 3.44. The number of nitro groups is 2. The second-order valence-corrected chi connectivity index (χ2v) is 8.40.